The summed E-state index contributed by atoms with van der Waals surface area (Å²) in [7, 11) is 1.65. The highest BCUT2D eigenvalue weighted by atomic mass is 16.5. The number of nitrogens with two attached hydrogens (primary N) is 1. The van der Waals surface area contributed by atoms with Crippen LogP contribution in [0.15, 0.2) is 12.1 Å². The summed E-state index contributed by atoms with van der Waals surface area (Å²) in [5, 5.41) is 3.15. The van der Waals surface area contributed by atoms with Gasteiger partial charge in [-0.05, 0) is 26.0 Å². The minimum atomic E-state index is 0.0439. The van der Waals surface area contributed by atoms with Crippen molar-refractivity contribution in [2.24, 2.45) is 0 Å². The van der Waals surface area contributed by atoms with Crippen molar-refractivity contribution < 1.29 is 14.2 Å². The van der Waals surface area contributed by atoms with Gasteiger partial charge in [-0.25, -0.2) is 0 Å². The van der Waals surface area contributed by atoms with Crippen LogP contribution in [0.4, 0.5) is 11.5 Å². The highest BCUT2D eigenvalue weighted by molar-refractivity contribution is 5.53. The SMILES string of the molecule is COCCOCCNc1ccc(N)c(OC(C)C)n1. The van der Waals surface area contributed by atoms with Gasteiger partial charge in [-0.1, -0.05) is 0 Å². The minimum Gasteiger partial charge on any atom is -0.473 e. The summed E-state index contributed by atoms with van der Waals surface area (Å²) in [5.74, 6) is 1.18. The molecule has 0 fully saturated rings. The second-order valence-corrected chi connectivity index (χ2v) is 4.29. The van der Waals surface area contributed by atoms with Crippen molar-refractivity contribution in [1.29, 1.82) is 0 Å². The zero-order valence-corrected chi connectivity index (χ0v) is 11.8. The van der Waals surface area contributed by atoms with Gasteiger partial charge in [0.05, 0.1) is 31.6 Å². The summed E-state index contributed by atoms with van der Waals surface area (Å²) in [6, 6.07) is 3.59. The molecule has 0 radical (unpaired) electrons. The lowest BCUT2D eigenvalue weighted by Gasteiger charge is -2.13. The number of nitrogens with one attached hydrogen (secondary N) is 1. The molecule has 3 N–H and O–H groups in total. The fourth-order valence-corrected chi connectivity index (χ4v) is 1.36. The van der Waals surface area contributed by atoms with Gasteiger partial charge in [-0.2, -0.15) is 4.98 Å². The Hall–Kier alpha value is -1.53. The monoisotopic (exact) mass is 269 g/mol. The lowest BCUT2D eigenvalue weighted by Crippen LogP contribution is -2.14. The summed E-state index contributed by atoms with van der Waals surface area (Å²) in [4.78, 5) is 4.31. The first-order valence-corrected chi connectivity index (χ1v) is 6.37. The molecule has 0 aliphatic rings. The molecular weight excluding hydrogens is 246 g/mol. The summed E-state index contributed by atoms with van der Waals surface area (Å²) < 4.78 is 15.7. The van der Waals surface area contributed by atoms with E-state index >= 15 is 0 Å². The van der Waals surface area contributed by atoms with Crippen molar-refractivity contribution in [3.63, 3.8) is 0 Å². The lowest BCUT2D eigenvalue weighted by molar-refractivity contribution is 0.0759. The fourth-order valence-electron chi connectivity index (χ4n) is 1.36. The van der Waals surface area contributed by atoms with Crippen LogP contribution in [0.3, 0.4) is 0 Å². The molecule has 1 rings (SSSR count). The molecule has 0 spiro atoms. The minimum absolute atomic E-state index is 0.0439. The lowest BCUT2D eigenvalue weighted by atomic mass is 10.4. The first-order chi connectivity index (χ1) is 9.13. The predicted molar refractivity (Wildman–Crippen MR) is 75.6 cm³/mol. The largest absolute Gasteiger partial charge is 0.473 e. The second-order valence-electron chi connectivity index (χ2n) is 4.29. The van der Waals surface area contributed by atoms with Gasteiger partial charge < -0.3 is 25.3 Å². The van der Waals surface area contributed by atoms with Crippen molar-refractivity contribution in [3.8, 4) is 5.88 Å². The summed E-state index contributed by atoms with van der Waals surface area (Å²) in [5.41, 5.74) is 6.33. The summed E-state index contributed by atoms with van der Waals surface area (Å²) in [6.45, 7) is 6.33. The molecule has 0 aliphatic heterocycles. The number of rotatable bonds is 9. The Morgan fingerprint density at radius 1 is 1.26 bits per heavy atom. The van der Waals surface area contributed by atoms with Crippen LogP contribution in [-0.2, 0) is 9.47 Å². The normalized spacial score (nSPS) is 10.7. The Morgan fingerprint density at radius 2 is 2.05 bits per heavy atom. The van der Waals surface area contributed by atoms with E-state index in [0.717, 1.165) is 5.82 Å². The Kier molecular flexibility index (Phi) is 6.99. The molecule has 6 nitrogen and oxygen atoms in total. The molecule has 1 aromatic heterocycles. The van der Waals surface area contributed by atoms with Gasteiger partial charge in [-0.3, -0.25) is 0 Å². The molecule has 108 valence electrons. The first-order valence-electron chi connectivity index (χ1n) is 6.37. The number of hydrogen-bond acceptors (Lipinski definition) is 6. The summed E-state index contributed by atoms with van der Waals surface area (Å²) in [6.07, 6.45) is 0.0439. The molecule has 0 saturated carbocycles. The maximum absolute atomic E-state index is 5.79. The molecular formula is C13H23N3O3. The number of nitrogens with zero attached hydrogens (tertiary/aromatic N) is 1. The van der Waals surface area contributed by atoms with E-state index in [1.54, 1.807) is 13.2 Å². The molecule has 1 aromatic rings. The van der Waals surface area contributed by atoms with Gasteiger partial charge in [0.15, 0.2) is 0 Å². The van der Waals surface area contributed by atoms with E-state index in [2.05, 4.69) is 10.3 Å². The van der Waals surface area contributed by atoms with Crippen LogP contribution in [0.5, 0.6) is 5.88 Å². The summed E-state index contributed by atoms with van der Waals surface area (Å²) >= 11 is 0. The number of anilines is 2. The van der Waals surface area contributed by atoms with E-state index in [-0.39, 0.29) is 6.10 Å². The van der Waals surface area contributed by atoms with Crippen LogP contribution in [0.2, 0.25) is 0 Å². The van der Waals surface area contributed by atoms with Crippen molar-refractivity contribution in [2.45, 2.75) is 20.0 Å². The second kappa shape index (κ2) is 8.55. The molecule has 0 amide bonds. The van der Waals surface area contributed by atoms with Crippen LogP contribution in [-0.4, -0.2) is 44.6 Å². The van der Waals surface area contributed by atoms with Crippen LogP contribution in [0.1, 0.15) is 13.8 Å². The number of pyridine rings is 1. The third kappa shape index (κ3) is 6.26. The molecule has 0 saturated heterocycles. The molecule has 1 heterocycles. The number of methoxy groups -OCH3 is 1. The fraction of sp³-hybridized carbons (Fsp3) is 0.615. The van der Waals surface area contributed by atoms with E-state index in [9.17, 15) is 0 Å². The third-order valence-corrected chi connectivity index (χ3v) is 2.22. The number of nitrogen functional groups attached to an aromatic ring is 1. The molecule has 0 atom stereocenters. The Labute approximate surface area is 114 Å². The van der Waals surface area contributed by atoms with Gasteiger partial charge in [0, 0.05) is 13.7 Å². The maximum Gasteiger partial charge on any atom is 0.239 e. The topological polar surface area (TPSA) is 78.6 Å². The molecule has 19 heavy (non-hydrogen) atoms. The van der Waals surface area contributed by atoms with Crippen LogP contribution >= 0.6 is 0 Å². The zero-order chi connectivity index (χ0) is 14.1. The average Bonchev–Trinajstić information content (AvgIpc) is 2.37. The van der Waals surface area contributed by atoms with E-state index in [4.69, 9.17) is 19.9 Å². The van der Waals surface area contributed by atoms with Gasteiger partial charge in [0.25, 0.3) is 0 Å². The van der Waals surface area contributed by atoms with E-state index in [0.29, 0.717) is 37.9 Å². The van der Waals surface area contributed by atoms with E-state index in [1.807, 2.05) is 19.9 Å². The Morgan fingerprint density at radius 3 is 2.74 bits per heavy atom. The van der Waals surface area contributed by atoms with Crippen LogP contribution < -0.4 is 15.8 Å². The molecule has 0 bridgehead atoms. The maximum atomic E-state index is 5.79. The molecule has 6 heteroatoms. The van der Waals surface area contributed by atoms with Crippen molar-refractivity contribution >= 4 is 11.5 Å². The van der Waals surface area contributed by atoms with Gasteiger partial charge in [0.2, 0.25) is 5.88 Å². The smallest absolute Gasteiger partial charge is 0.239 e. The highest BCUT2D eigenvalue weighted by Crippen LogP contribution is 2.21. The van der Waals surface area contributed by atoms with Crippen LogP contribution in [0.25, 0.3) is 0 Å². The standard InChI is InChI=1S/C13H23N3O3/c1-10(2)19-13-11(14)4-5-12(16-13)15-6-7-18-9-8-17-3/h4-5,10H,6-9,14H2,1-3H3,(H,15,16). The molecule has 0 unspecified atom stereocenters. The number of aromatic nitrogens is 1. The van der Waals surface area contributed by atoms with E-state index in [1.165, 1.54) is 0 Å². The quantitative estimate of drug-likeness (QED) is 0.662. The zero-order valence-electron chi connectivity index (χ0n) is 11.8. The van der Waals surface area contributed by atoms with Crippen molar-refractivity contribution in [3.05, 3.63) is 12.1 Å². The first kappa shape index (κ1) is 15.5. The van der Waals surface area contributed by atoms with E-state index < -0.39 is 0 Å². The molecule has 0 aliphatic carbocycles. The third-order valence-electron chi connectivity index (χ3n) is 2.22. The predicted octanol–water partition coefficient (Wildman–Crippen LogP) is 1.53. The van der Waals surface area contributed by atoms with Gasteiger partial charge in [0.1, 0.15) is 5.82 Å². The highest BCUT2D eigenvalue weighted by Gasteiger charge is 2.06. The van der Waals surface area contributed by atoms with Gasteiger partial charge >= 0.3 is 0 Å². The van der Waals surface area contributed by atoms with Gasteiger partial charge in [-0.15, -0.1) is 0 Å². The Balaban J connectivity index is 2.37. The van der Waals surface area contributed by atoms with Crippen molar-refractivity contribution in [2.75, 3.05) is 44.5 Å². The average molecular weight is 269 g/mol. The number of hydrogen-bond donors (Lipinski definition) is 2. The molecule has 0 aromatic carbocycles. The van der Waals surface area contributed by atoms with Crippen molar-refractivity contribution in [1.82, 2.24) is 4.98 Å². The number of ether oxygens (including phenoxy) is 3. The Bertz CT molecular complexity index is 372. The van der Waals surface area contributed by atoms with Crippen LogP contribution in [0, 0.1) is 0 Å².